The third-order valence-electron chi connectivity index (χ3n) is 3.90. The number of nitro benzene ring substituents is 1. The van der Waals surface area contributed by atoms with Crippen molar-refractivity contribution in [3.8, 4) is 11.3 Å². The van der Waals surface area contributed by atoms with Gasteiger partial charge in [0.1, 0.15) is 10.7 Å². The highest BCUT2D eigenvalue weighted by Crippen LogP contribution is 2.36. The molecule has 0 aliphatic carbocycles. The molecule has 0 aliphatic heterocycles. The summed E-state index contributed by atoms with van der Waals surface area (Å²) in [6, 6.07) is 13.8. The summed E-state index contributed by atoms with van der Waals surface area (Å²) >= 11 is 1.20. The number of hydrogen-bond acceptors (Lipinski definition) is 8. The maximum atomic E-state index is 11.9. The summed E-state index contributed by atoms with van der Waals surface area (Å²) in [5.41, 5.74) is 5.88. The standard InChI is InChI=1S/C20H19N5O4S/c1-3-29-20(26)23-18-17(15-9-7-13(2)8-10-15)22-19(30-18)24-21-12-14-5-4-6-16(11-14)25(27)28/h4-12H,3H2,1-2H3,(H,22,24)(H,23,26)/b21-12+. The third-order valence-corrected chi connectivity index (χ3v) is 4.77. The van der Waals surface area contributed by atoms with Crippen molar-refractivity contribution >= 4 is 39.5 Å². The lowest BCUT2D eigenvalue weighted by atomic mass is 10.1. The first-order valence-electron chi connectivity index (χ1n) is 9.01. The largest absolute Gasteiger partial charge is 0.450 e. The van der Waals surface area contributed by atoms with Gasteiger partial charge in [0, 0.05) is 23.3 Å². The molecule has 0 radical (unpaired) electrons. The molecule has 0 saturated heterocycles. The molecular formula is C20H19N5O4S. The Labute approximate surface area is 176 Å². The van der Waals surface area contributed by atoms with Gasteiger partial charge in [0.2, 0.25) is 5.13 Å². The Morgan fingerprint density at radius 2 is 2.07 bits per heavy atom. The molecule has 9 nitrogen and oxygen atoms in total. The summed E-state index contributed by atoms with van der Waals surface area (Å²) in [4.78, 5) is 26.8. The predicted molar refractivity (Wildman–Crippen MR) is 117 cm³/mol. The summed E-state index contributed by atoms with van der Waals surface area (Å²) in [6.07, 6.45) is 0.888. The Bertz CT molecular complexity index is 1080. The second kappa shape index (κ2) is 9.61. The summed E-state index contributed by atoms with van der Waals surface area (Å²) in [5.74, 6) is 0. The highest BCUT2D eigenvalue weighted by molar-refractivity contribution is 7.20. The summed E-state index contributed by atoms with van der Waals surface area (Å²) in [6.45, 7) is 3.96. The number of amides is 1. The maximum absolute atomic E-state index is 11.9. The van der Waals surface area contributed by atoms with Gasteiger partial charge in [-0.2, -0.15) is 5.10 Å². The van der Waals surface area contributed by atoms with Crippen molar-refractivity contribution in [2.45, 2.75) is 13.8 Å². The number of benzene rings is 2. The number of anilines is 2. The first-order chi connectivity index (χ1) is 14.5. The van der Waals surface area contributed by atoms with Crippen LogP contribution in [-0.2, 0) is 4.74 Å². The molecule has 10 heteroatoms. The molecule has 1 aromatic heterocycles. The number of carbonyl (C=O) groups excluding carboxylic acids is 1. The smallest absolute Gasteiger partial charge is 0.412 e. The lowest BCUT2D eigenvalue weighted by Crippen LogP contribution is -2.12. The van der Waals surface area contributed by atoms with Crippen LogP contribution in [0, 0.1) is 17.0 Å². The number of thiazole rings is 1. The van der Waals surface area contributed by atoms with Crippen LogP contribution in [-0.4, -0.2) is 28.8 Å². The Morgan fingerprint density at radius 3 is 2.77 bits per heavy atom. The van der Waals surface area contributed by atoms with Gasteiger partial charge < -0.3 is 4.74 Å². The van der Waals surface area contributed by atoms with Crippen molar-refractivity contribution in [1.82, 2.24) is 4.98 Å². The molecule has 0 saturated carbocycles. The SMILES string of the molecule is CCOC(=O)Nc1sc(N/N=C/c2cccc([N+](=O)[O-])c2)nc1-c1ccc(C)cc1. The van der Waals surface area contributed by atoms with Gasteiger partial charge in [-0.15, -0.1) is 0 Å². The molecule has 2 aromatic carbocycles. The van der Waals surface area contributed by atoms with Crippen LogP contribution < -0.4 is 10.7 Å². The molecule has 0 atom stereocenters. The van der Waals surface area contributed by atoms with E-state index in [-0.39, 0.29) is 12.3 Å². The van der Waals surface area contributed by atoms with Crippen molar-refractivity contribution in [3.63, 3.8) is 0 Å². The van der Waals surface area contributed by atoms with E-state index in [0.29, 0.717) is 21.4 Å². The molecule has 1 heterocycles. The van der Waals surface area contributed by atoms with E-state index >= 15 is 0 Å². The first-order valence-corrected chi connectivity index (χ1v) is 9.83. The highest BCUT2D eigenvalue weighted by atomic mass is 32.1. The van der Waals surface area contributed by atoms with Gasteiger partial charge in [-0.3, -0.25) is 20.9 Å². The van der Waals surface area contributed by atoms with Gasteiger partial charge in [0.05, 0.1) is 17.7 Å². The molecule has 30 heavy (non-hydrogen) atoms. The van der Waals surface area contributed by atoms with Gasteiger partial charge in [-0.25, -0.2) is 9.78 Å². The topological polar surface area (TPSA) is 119 Å². The average Bonchev–Trinajstić information content (AvgIpc) is 3.11. The second-order valence-electron chi connectivity index (χ2n) is 6.13. The minimum absolute atomic E-state index is 0.0178. The third kappa shape index (κ3) is 5.39. The predicted octanol–water partition coefficient (Wildman–Crippen LogP) is 5.04. The van der Waals surface area contributed by atoms with E-state index in [9.17, 15) is 14.9 Å². The number of nitro groups is 1. The summed E-state index contributed by atoms with van der Waals surface area (Å²) in [5, 5.41) is 18.6. The lowest BCUT2D eigenvalue weighted by molar-refractivity contribution is -0.384. The van der Waals surface area contributed by atoms with Gasteiger partial charge >= 0.3 is 6.09 Å². The number of aromatic nitrogens is 1. The zero-order chi connectivity index (χ0) is 21.5. The number of nitrogens with one attached hydrogen (secondary N) is 2. The number of hydrogen-bond donors (Lipinski definition) is 2. The number of rotatable bonds is 7. The van der Waals surface area contributed by atoms with Crippen LogP contribution in [0.3, 0.4) is 0 Å². The Balaban J connectivity index is 1.82. The van der Waals surface area contributed by atoms with Crippen molar-refractivity contribution in [2.24, 2.45) is 5.10 Å². The monoisotopic (exact) mass is 425 g/mol. The molecule has 0 aliphatic rings. The van der Waals surface area contributed by atoms with E-state index in [2.05, 4.69) is 20.8 Å². The van der Waals surface area contributed by atoms with Crippen molar-refractivity contribution in [2.75, 3.05) is 17.3 Å². The van der Waals surface area contributed by atoms with Gasteiger partial charge in [0.25, 0.3) is 5.69 Å². The zero-order valence-corrected chi connectivity index (χ0v) is 17.1. The molecule has 0 unspecified atom stereocenters. The van der Waals surface area contributed by atoms with Crippen LogP contribution in [0.5, 0.6) is 0 Å². The van der Waals surface area contributed by atoms with E-state index in [0.717, 1.165) is 11.1 Å². The van der Waals surface area contributed by atoms with Crippen LogP contribution in [0.25, 0.3) is 11.3 Å². The van der Waals surface area contributed by atoms with Gasteiger partial charge in [-0.1, -0.05) is 53.3 Å². The Kier molecular flexibility index (Phi) is 6.71. The number of nitrogens with zero attached hydrogens (tertiary/aromatic N) is 3. The molecular weight excluding hydrogens is 406 g/mol. The molecule has 1 amide bonds. The normalized spacial score (nSPS) is 10.7. The number of hydrazone groups is 1. The van der Waals surface area contributed by atoms with E-state index in [1.807, 2.05) is 31.2 Å². The van der Waals surface area contributed by atoms with Crippen molar-refractivity contribution < 1.29 is 14.5 Å². The van der Waals surface area contributed by atoms with Crippen molar-refractivity contribution in [3.05, 3.63) is 69.8 Å². The molecule has 2 N–H and O–H groups in total. The molecule has 0 spiro atoms. The van der Waals surface area contributed by atoms with Crippen LogP contribution >= 0.6 is 11.3 Å². The van der Waals surface area contributed by atoms with E-state index in [4.69, 9.17) is 4.74 Å². The van der Waals surface area contributed by atoms with Crippen LogP contribution in [0.2, 0.25) is 0 Å². The number of aryl methyl sites for hydroxylation is 1. The molecule has 0 fully saturated rings. The first kappa shape index (κ1) is 20.9. The Hall–Kier alpha value is -3.79. The fourth-order valence-electron chi connectivity index (χ4n) is 2.50. The van der Waals surface area contributed by atoms with Gasteiger partial charge in [0.15, 0.2) is 0 Å². The highest BCUT2D eigenvalue weighted by Gasteiger charge is 2.16. The maximum Gasteiger partial charge on any atom is 0.412 e. The van der Waals surface area contributed by atoms with Gasteiger partial charge in [-0.05, 0) is 13.8 Å². The lowest BCUT2D eigenvalue weighted by Gasteiger charge is -2.05. The minimum atomic E-state index is -0.568. The Morgan fingerprint density at radius 1 is 1.30 bits per heavy atom. The average molecular weight is 425 g/mol. The fourth-order valence-corrected chi connectivity index (χ4v) is 3.32. The molecule has 3 aromatic rings. The van der Waals surface area contributed by atoms with E-state index < -0.39 is 11.0 Å². The number of ether oxygens (including phenoxy) is 1. The zero-order valence-electron chi connectivity index (χ0n) is 16.3. The fraction of sp³-hybridized carbons (Fsp3) is 0.150. The van der Waals surface area contributed by atoms with E-state index in [1.165, 1.54) is 29.7 Å². The second-order valence-corrected chi connectivity index (χ2v) is 7.13. The van der Waals surface area contributed by atoms with Crippen LogP contribution in [0.15, 0.2) is 53.6 Å². The minimum Gasteiger partial charge on any atom is -0.450 e. The van der Waals surface area contributed by atoms with E-state index in [1.54, 1.807) is 19.1 Å². The van der Waals surface area contributed by atoms with Crippen LogP contribution in [0.1, 0.15) is 18.1 Å². The van der Waals surface area contributed by atoms with Crippen molar-refractivity contribution in [1.29, 1.82) is 0 Å². The summed E-state index contributed by atoms with van der Waals surface area (Å²) < 4.78 is 4.96. The number of carbonyl (C=O) groups is 1. The van der Waals surface area contributed by atoms with Crippen LogP contribution in [0.4, 0.5) is 20.6 Å². The summed E-state index contributed by atoms with van der Waals surface area (Å²) in [7, 11) is 0. The quantitative estimate of drug-likeness (QED) is 0.311. The molecule has 3 rings (SSSR count). The molecule has 154 valence electrons. The molecule has 0 bridgehead atoms. The number of non-ortho nitro benzene ring substituents is 1.